The molecule has 0 saturated heterocycles. The minimum atomic E-state index is -0.387. The highest BCUT2D eigenvalue weighted by Crippen LogP contribution is 2.45. The van der Waals surface area contributed by atoms with E-state index in [9.17, 15) is 4.79 Å². The van der Waals surface area contributed by atoms with Crippen molar-refractivity contribution in [3.8, 4) is 11.5 Å². The SMILES string of the molecule is COc1ccc([C@H]2C3=C(C[C@@H](c4ccco4)CC3=O)Nc3nc(C)nn32)cc1OC. The highest BCUT2D eigenvalue weighted by molar-refractivity contribution is 6.00. The average molecular weight is 406 g/mol. The van der Waals surface area contributed by atoms with Gasteiger partial charge in [-0.05, 0) is 43.2 Å². The van der Waals surface area contributed by atoms with E-state index in [-0.39, 0.29) is 17.7 Å². The molecule has 0 radical (unpaired) electrons. The van der Waals surface area contributed by atoms with Crippen LogP contribution in [-0.2, 0) is 4.79 Å². The largest absolute Gasteiger partial charge is 0.493 e. The van der Waals surface area contributed by atoms with Crippen LogP contribution >= 0.6 is 0 Å². The third-order valence-electron chi connectivity index (χ3n) is 5.69. The first-order chi connectivity index (χ1) is 14.6. The van der Waals surface area contributed by atoms with Crippen molar-refractivity contribution in [3.63, 3.8) is 0 Å². The molecule has 2 atom stereocenters. The van der Waals surface area contributed by atoms with Crippen molar-refractivity contribution in [3.05, 3.63) is 65.0 Å². The Kier molecular flexibility index (Phi) is 4.34. The van der Waals surface area contributed by atoms with Gasteiger partial charge in [-0.15, -0.1) is 0 Å². The van der Waals surface area contributed by atoms with Gasteiger partial charge in [0.15, 0.2) is 17.3 Å². The molecule has 30 heavy (non-hydrogen) atoms. The molecule has 8 heteroatoms. The zero-order chi connectivity index (χ0) is 20.8. The number of rotatable bonds is 4. The molecule has 2 aliphatic rings. The summed E-state index contributed by atoms with van der Waals surface area (Å²) in [4.78, 5) is 17.9. The summed E-state index contributed by atoms with van der Waals surface area (Å²) in [5.41, 5.74) is 2.47. The Morgan fingerprint density at radius 3 is 2.73 bits per heavy atom. The normalized spacial score (nSPS) is 20.4. The van der Waals surface area contributed by atoms with Crippen LogP contribution in [0, 0.1) is 6.92 Å². The number of furan rings is 1. The minimum absolute atomic E-state index is 0.000344. The third kappa shape index (κ3) is 2.87. The standard InChI is InChI=1S/C22H22N4O4/c1-12-23-22-24-15-9-14(17-5-4-8-30-17)10-16(27)20(15)21(26(22)25-12)13-6-7-18(28-2)19(11-13)29-3/h4-8,11,14,21H,9-10H2,1-3H3,(H,23,24,25)/t14-,21+/m1/s1. The number of aryl methyl sites for hydroxylation is 1. The van der Waals surface area contributed by atoms with E-state index < -0.39 is 0 Å². The predicted molar refractivity (Wildman–Crippen MR) is 109 cm³/mol. The molecular formula is C22H22N4O4. The number of carbonyl (C=O) groups is 1. The molecule has 0 bridgehead atoms. The fraction of sp³-hybridized carbons (Fsp3) is 0.318. The van der Waals surface area contributed by atoms with Crippen LogP contribution in [0.4, 0.5) is 5.95 Å². The Balaban J connectivity index is 1.64. The second-order valence-corrected chi connectivity index (χ2v) is 7.51. The molecule has 154 valence electrons. The number of nitrogens with zero attached hydrogens (tertiary/aromatic N) is 3. The quantitative estimate of drug-likeness (QED) is 0.708. The molecule has 0 amide bonds. The maximum Gasteiger partial charge on any atom is 0.226 e. The maximum absolute atomic E-state index is 13.4. The first kappa shape index (κ1) is 18.5. The van der Waals surface area contributed by atoms with Crippen LogP contribution in [0.1, 0.15) is 41.9 Å². The number of allylic oxidation sites excluding steroid dienone is 2. The van der Waals surface area contributed by atoms with Crippen LogP contribution in [0.2, 0.25) is 0 Å². The van der Waals surface area contributed by atoms with Gasteiger partial charge in [0.1, 0.15) is 17.6 Å². The van der Waals surface area contributed by atoms with Gasteiger partial charge < -0.3 is 19.2 Å². The van der Waals surface area contributed by atoms with Crippen molar-refractivity contribution in [1.29, 1.82) is 0 Å². The van der Waals surface area contributed by atoms with E-state index in [1.807, 2.05) is 37.3 Å². The topological polar surface area (TPSA) is 91.4 Å². The summed E-state index contributed by atoms with van der Waals surface area (Å²) in [6.45, 7) is 1.84. The zero-order valence-corrected chi connectivity index (χ0v) is 17.0. The van der Waals surface area contributed by atoms with E-state index in [4.69, 9.17) is 13.9 Å². The van der Waals surface area contributed by atoms with E-state index in [1.54, 1.807) is 25.2 Å². The first-order valence-corrected chi connectivity index (χ1v) is 9.80. The predicted octanol–water partition coefficient (Wildman–Crippen LogP) is 3.61. The molecule has 1 aliphatic heterocycles. The number of ether oxygens (including phenoxy) is 2. The molecule has 2 aromatic heterocycles. The number of benzene rings is 1. The van der Waals surface area contributed by atoms with Crippen LogP contribution in [-0.4, -0.2) is 34.8 Å². The Morgan fingerprint density at radius 2 is 2.00 bits per heavy atom. The zero-order valence-electron chi connectivity index (χ0n) is 17.0. The van der Waals surface area contributed by atoms with Gasteiger partial charge >= 0.3 is 0 Å². The molecule has 0 spiro atoms. The number of Topliss-reactive ketones (excluding diaryl/α,β-unsaturated/α-hetero) is 1. The van der Waals surface area contributed by atoms with Crippen molar-refractivity contribution >= 4 is 11.7 Å². The number of nitrogens with one attached hydrogen (secondary N) is 1. The smallest absolute Gasteiger partial charge is 0.226 e. The summed E-state index contributed by atoms with van der Waals surface area (Å²) in [5.74, 6) is 3.39. The molecule has 3 aromatic rings. The number of ketones is 1. The fourth-order valence-electron chi connectivity index (χ4n) is 4.37. The number of hydrogen-bond donors (Lipinski definition) is 1. The van der Waals surface area contributed by atoms with Crippen LogP contribution in [0.5, 0.6) is 11.5 Å². The van der Waals surface area contributed by atoms with Crippen molar-refractivity contribution in [2.75, 3.05) is 19.5 Å². The van der Waals surface area contributed by atoms with E-state index in [2.05, 4.69) is 15.4 Å². The molecular weight excluding hydrogens is 384 g/mol. The van der Waals surface area contributed by atoms with Crippen molar-refractivity contribution < 1.29 is 18.7 Å². The third-order valence-corrected chi connectivity index (χ3v) is 5.69. The first-order valence-electron chi connectivity index (χ1n) is 9.80. The Bertz CT molecular complexity index is 1150. The van der Waals surface area contributed by atoms with Crippen LogP contribution < -0.4 is 14.8 Å². The fourth-order valence-corrected chi connectivity index (χ4v) is 4.37. The Labute approximate surface area is 173 Å². The Hall–Kier alpha value is -3.55. The van der Waals surface area contributed by atoms with Gasteiger partial charge in [0.05, 0.1) is 20.5 Å². The summed E-state index contributed by atoms with van der Waals surface area (Å²) in [7, 11) is 3.19. The summed E-state index contributed by atoms with van der Waals surface area (Å²) in [6, 6.07) is 9.07. The number of anilines is 1. The van der Waals surface area contributed by atoms with Gasteiger partial charge in [0.25, 0.3) is 0 Å². The lowest BCUT2D eigenvalue weighted by Gasteiger charge is -2.34. The van der Waals surface area contributed by atoms with Gasteiger partial charge in [-0.3, -0.25) is 4.79 Å². The van der Waals surface area contributed by atoms with E-state index in [1.165, 1.54) is 0 Å². The van der Waals surface area contributed by atoms with E-state index >= 15 is 0 Å². The molecule has 3 heterocycles. The number of carbonyl (C=O) groups excluding carboxylic acids is 1. The van der Waals surface area contributed by atoms with Crippen molar-refractivity contribution in [2.45, 2.75) is 31.7 Å². The van der Waals surface area contributed by atoms with E-state index in [0.29, 0.717) is 41.7 Å². The summed E-state index contributed by atoms with van der Waals surface area (Å²) in [5, 5.41) is 7.91. The van der Waals surface area contributed by atoms with Crippen LogP contribution in [0.25, 0.3) is 0 Å². The number of hydrogen-bond acceptors (Lipinski definition) is 7. The second kappa shape index (κ2) is 7.05. The summed E-state index contributed by atoms with van der Waals surface area (Å²) >= 11 is 0. The lowest BCUT2D eigenvalue weighted by molar-refractivity contribution is -0.117. The molecule has 1 aliphatic carbocycles. The molecule has 1 N–H and O–H groups in total. The van der Waals surface area contributed by atoms with Crippen molar-refractivity contribution in [2.24, 2.45) is 0 Å². The lowest BCUT2D eigenvalue weighted by Crippen LogP contribution is -2.33. The molecule has 0 fully saturated rings. The van der Waals surface area contributed by atoms with Gasteiger partial charge in [-0.25, -0.2) is 4.68 Å². The highest BCUT2D eigenvalue weighted by Gasteiger charge is 2.40. The van der Waals surface area contributed by atoms with Gasteiger partial charge in [-0.2, -0.15) is 10.1 Å². The molecule has 8 nitrogen and oxygen atoms in total. The minimum Gasteiger partial charge on any atom is -0.493 e. The van der Waals surface area contributed by atoms with Gasteiger partial charge in [0, 0.05) is 23.6 Å². The maximum atomic E-state index is 13.4. The molecule has 0 saturated carbocycles. The van der Waals surface area contributed by atoms with Crippen LogP contribution in [0.3, 0.4) is 0 Å². The van der Waals surface area contributed by atoms with E-state index in [0.717, 1.165) is 17.0 Å². The molecule has 5 rings (SSSR count). The highest BCUT2D eigenvalue weighted by atomic mass is 16.5. The van der Waals surface area contributed by atoms with Gasteiger partial charge in [0.2, 0.25) is 5.95 Å². The number of aromatic nitrogens is 3. The number of methoxy groups -OCH3 is 2. The monoisotopic (exact) mass is 406 g/mol. The lowest BCUT2D eigenvalue weighted by atomic mass is 9.79. The molecule has 1 aromatic carbocycles. The summed E-state index contributed by atoms with van der Waals surface area (Å²) in [6.07, 6.45) is 2.70. The van der Waals surface area contributed by atoms with Crippen LogP contribution in [0.15, 0.2) is 52.3 Å². The van der Waals surface area contributed by atoms with Crippen molar-refractivity contribution in [1.82, 2.24) is 14.8 Å². The number of fused-ring (bicyclic) bond motifs is 1. The second-order valence-electron chi connectivity index (χ2n) is 7.51. The average Bonchev–Trinajstić information content (AvgIpc) is 3.40. The summed E-state index contributed by atoms with van der Waals surface area (Å²) < 4.78 is 18.2. The Morgan fingerprint density at radius 1 is 1.17 bits per heavy atom. The molecule has 0 unspecified atom stereocenters. The van der Waals surface area contributed by atoms with Gasteiger partial charge in [-0.1, -0.05) is 6.07 Å².